The number of benzene rings is 3. The average molecular weight is 738 g/mol. The van der Waals surface area contributed by atoms with Crippen molar-refractivity contribution in [3.8, 4) is 0 Å². The van der Waals surface area contributed by atoms with Crippen LogP contribution in [0.15, 0.2) is 97.2 Å². The molecule has 0 spiro atoms. The van der Waals surface area contributed by atoms with Gasteiger partial charge in [0.05, 0.1) is 22.1 Å². The molecule has 2 aromatic heterocycles. The van der Waals surface area contributed by atoms with Crippen molar-refractivity contribution in [2.75, 3.05) is 13.2 Å². The van der Waals surface area contributed by atoms with Crippen molar-refractivity contribution in [1.29, 1.82) is 0 Å². The van der Waals surface area contributed by atoms with Gasteiger partial charge >= 0.3 is 17.9 Å². The smallest absolute Gasteiger partial charge is 0.340 e. The second kappa shape index (κ2) is 13.0. The fraction of sp³-hybridized carbons (Fsp3) is 0.182. The van der Waals surface area contributed by atoms with Gasteiger partial charge in [-0.1, -0.05) is 66.2 Å². The molecule has 0 amide bonds. The fourth-order valence-corrected chi connectivity index (χ4v) is 6.37. The summed E-state index contributed by atoms with van der Waals surface area (Å²) in [4.78, 5) is 49.1. The van der Waals surface area contributed by atoms with E-state index in [4.69, 9.17) is 30.5 Å². The number of ether oxygens (including phenoxy) is 4. The third-order valence-corrected chi connectivity index (χ3v) is 8.36. The third-order valence-electron chi connectivity index (χ3n) is 7.27. The first kappa shape index (κ1) is 30.7. The van der Waals surface area contributed by atoms with E-state index in [0.29, 0.717) is 26.0 Å². The van der Waals surface area contributed by atoms with Gasteiger partial charge in [0, 0.05) is 9.77 Å². The largest absolute Gasteiger partial charge is 0.459 e. The third kappa shape index (κ3) is 6.15. The van der Waals surface area contributed by atoms with Gasteiger partial charge < -0.3 is 18.9 Å². The Hall–Kier alpha value is -4.33. The molecule has 12 heteroatoms. The predicted molar refractivity (Wildman–Crippen MR) is 172 cm³/mol. The van der Waals surface area contributed by atoms with Crippen molar-refractivity contribution in [3.05, 3.63) is 128 Å². The normalized spacial score (nSPS) is 19.3. The molecule has 1 fully saturated rings. The first-order valence-corrected chi connectivity index (χ1v) is 15.3. The van der Waals surface area contributed by atoms with Crippen molar-refractivity contribution in [1.82, 2.24) is 14.5 Å². The van der Waals surface area contributed by atoms with E-state index in [-0.39, 0.29) is 29.5 Å². The van der Waals surface area contributed by atoms with Crippen LogP contribution in [0.4, 0.5) is 0 Å². The fourth-order valence-electron chi connectivity index (χ4n) is 5.13. The van der Waals surface area contributed by atoms with Crippen molar-refractivity contribution >= 4 is 63.1 Å². The zero-order valence-electron chi connectivity index (χ0n) is 23.8. The van der Waals surface area contributed by atoms with Gasteiger partial charge in [0.2, 0.25) is 0 Å². The molecule has 45 heavy (non-hydrogen) atoms. The van der Waals surface area contributed by atoms with Crippen LogP contribution >= 0.6 is 34.2 Å². The van der Waals surface area contributed by atoms with Gasteiger partial charge in [0.25, 0.3) is 5.72 Å². The summed E-state index contributed by atoms with van der Waals surface area (Å²) in [5.74, 6) is -1.61. The molecule has 0 aliphatic carbocycles. The summed E-state index contributed by atoms with van der Waals surface area (Å²) in [5, 5.41) is 0.723. The van der Waals surface area contributed by atoms with E-state index >= 15 is 0 Å². The summed E-state index contributed by atoms with van der Waals surface area (Å²) in [6.07, 6.45) is -0.654. The molecule has 0 saturated carbocycles. The molecule has 10 nitrogen and oxygen atoms in total. The zero-order chi connectivity index (χ0) is 31.6. The minimum atomic E-state index is -1.80. The maximum Gasteiger partial charge on any atom is 0.340 e. The standard InChI is InChI=1S/C33H25ClIN3O7/c1-20-36-28(34)26-24(35)17-38(29(26)37-20)33(45-32(41)23-15-9-4-10-16-23)19-43-25(18-42-30(39)21-11-5-2-6-12-21)27(33)44-31(40)22-13-7-3-8-14-22/h2-17,25,27H,18-19H2,1H3/t25-,27-,33?/m1/s1. The van der Waals surface area contributed by atoms with Crippen LogP contribution in [0.1, 0.15) is 36.9 Å². The van der Waals surface area contributed by atoms with E-state index in [9.17, 15) is 14.4 Å². The highest BCUT2D eigenvalue weighted by Crippen LogP contribution is 2.41. The van der Waals surface area contributed by atoms with E-state index in [1.807, 2.05) is 0 Å². The van der Waals surface area contributed by atoms with Crippen molar-refractivity contribution in [2.24, 2.45) is 0 Å². The number of carbonyl (C=O) groups excluding carboxylic acids is 3. The van der Waals surface area contributed by atoms with E-state index < -0.39 is 35.8 Å². The molecule has 0 bridgehead atoms. The summed E-state index contributed by atoms with van der Waals surface area (Å²) in [6, 6.07) is 25.2. The Morgan fingerprint density at radius 1 is 0.889 bits per heavy atom. The quantitative estimate of drug-likeness (QED) is 0.0820. The monoisotopic (exact) mass is 737 g/mol. The maximum atomic E-state index is 13.7. The molecule has 3 heterocycles. The highest BCUT2D eigenvalue weighted by Gasteiger charge is 2.58. The number of carbonyl (C=O) groups is 3. The molecule has 228 valence electrons. The minimum Gasteiger partial charge on any atom is -0.459 e. The van der Waals surface area contributed by atoms with Gasteiger partial charge in [0.15, 0.2) is 6.10 Å². The maximum absolute atomic E-state index is 13.7. The minimum absolute atomic E-state index is 0.204. The van der Waals surface area contributed by atoms with Crippen LogP contribution < -0.4 is 0 Å². The molecule has 1 saturated heterocycles. The van der Waals surface area contributed by atoms with Crippen LogP contribution in [0, 0.1) is 10.5 Å². The van der Waals surface area contributed by atoms with Crippen LogP contribution in [0.2, 0.25) is 5.15 Å². The van der Waals surface area contributed by atoms with Gasteiger partial charge in [-0.25, -0.2) is 24.4 Å². The lowest BCUT2D eigenvalue weighted by atomic mass is 10.0. The van der Waals surface area contributed by atoms with E-state index in [1.165, 1.54) is 0 Å². The number of hydrogen-bond donors (Lipinski definition) is 0. The topological polar surface area (TPSA) is 119 Å². The highest BCUT2D eigenvalue weighted by atomic mass is 127. The first-order chi connectivity index (χ1) is 21.8. The number of rotatable bonds is 8. The molecule has 3 aromatic carbocycles. The second-order valence-electron chi connectivity index (χ2n) is 10.2. The van der Waals surface area contributed by atoms with Crippen LogP contribution in [0.5, 0.6) is 0 Å². The van der Waals surface area contributed by atoms with Crippen molar-refractivity contribution < 1.29 is 33.3 Å². The lowest BCUT2D eigenvalue weighted by Crippen LogP contribution is -2.52. The van der Waals surface area contributed by atoms with Gasteiger partial charge in [-0.3, -0.25) is 4.57 Å². The zero-order valence-corrected chi connectivity index (χ0v) is 26.7. The number of esters is 3. The number of aromatic nitrogens is 3. The number of halogens is 2. The molecule has 3 atom stereocenters. The van der Waals surface area contributed by atoms with Crippen molar-refractivity contribution in [2.45, 2.75) is 24.9 Å². The number of nitrogens with zero attached hydrogens (tertiary/aromatic N) is 3. The Balaban J connectivity index is 1.47. The van der Waals surface area contributed by atoms with E-state index in [1.54, 1.807) is 109 Å². The van der Waals surface area contributed by atoms with Crippen LogP contribution in [-0.4, -0.2) is 57.9 Å². The number of hydrogen-bond acceptors (Lipinski definition) is 9. The van der Waals surface area contributed by atoms with E-state index in [2.05, 4.69) is 32.6 Å². The van der Waals surface area contributed by atoms with Gasteiger partial charge in [-0.2, -0.15) is 0 Å². The lowest BCUT2D eigenvalue weighted by molar-refractivity contribution is -0.125. The second-order valence-corrected chi connectivity index (χ2v) is 11.7. The molecular formula is C33H25ClIN3O7. The molecular weight excluding hydrogens is 713 g/mol. The molecule has 1 aliphatic heterocycles. The Morgan fingerprint density at radius 2 is 1.44 bits per heavy atom. The Bertz CT molecular complexity index is 1870. The molecule has 0 radical (unpaired) electrons. The van der Waals surface area contributed by atoms with Crippen molar-refractivity contribution in [3.63, 3.8) is 0 Å². The number of aryl methyl sites for hydroxylation is 1. The summed E-state index contributed by atoms with van der Waals surface area (Å²) in [5.41, 5.74) is -0.598. The Morgan fingerprint density at radius 3 is 2.04 bits per heavy atom. The number of fused-ring (bicyclic) bond motifs is 1. The van der Waals surface area contributed by atoms with E-state index in [0.717, 1.165) is 0 Å². The van der Waals surface area contributed by atoms with Crippen LogP contribution in [-0.2, 0) is 24.7 Å². The Kier molecular flexibility index (Phi) is 8.83. The Labute approximate surface area is 276 Å². The molecule has 5 aromatic rings. The predicted octanol–water partition coefficient (Wildman–Crippen LogP) is 5.99. The highest BCUT2D eigenvalue weighted by molar-refractivity contribution is 14.1. The molecule has 6 rings (SSSR count). The van der Waals surface area contributed by atoms with Crippen LogP contribution in [0.25, 0.3) is 11.0 Å². The SMILES string of the molecule is Cc1nc(Cl)c2c(I)cn(C3(OC(=O)c4ccccc4)CO[C@H](COC(=O)c4ccccc4)[C@H]3OC(=O)c3ccccc3)c2n1. The summed E-state index contributed by atoms with van der Waals surface area (Å²) in [6.45, 7) is 1.10. The first-order valence-electron chi connectivity index (χ1n) is 13.9. The summed E-state index contributed by atoms with van der Waals surface area (Å²) >= 11 is 8.65. The molecule has 0 N–H and O–H groups in total. The van der Waals surface area contributed by atoms with Crippen LogP contribution in [0.3, 0.4) is 0 Å². The lowest BCUT2D eigenvalue weighted by Gasteiger charge is -2.35. The van der Waals surface area contributed by atoms with Gasteiger partial charge in [-0.05, 0) is 65.9 Å². The van der Waals surface area contributed by atoms with Gasteiger partial charge in [0.1, 0.15) is 35.9 Å². The molecule has 1 unspecified atom stereocenters. The molecule has 1 aliphatic rings. The summed E-state index contributed by atoms with van der Waals surface area (Å²) < 4.78 is 26.5. The average Bonchev–Trinajstić information content (AvgIpc) is 3.58. The summed E-state index contributed by atoms with van der Waals surface area (Å²) in [7, 11) is 0. The van der Waals surface area contributed by atoms with Gasteiger partial charge in [-0.15, -0.1) is 0 Å².